The topological polar surface area (TPSA) is 71.1 Å². The van der Waals surface area contributed by atoms with E-state index in [2.05, 4.69) is 10.2 Å². The van der Waals surface area contributed by atoms with Crippen LogP contribution in [0.3, 0.4) is 0 Å². The van der Waals surface area contributed by atoms with Gasteiger partial charge in [0.15, 0.2) is 6.61 Å². The molecule has 0 saturated heterocycles. The van der Waals surface area contributed by atoms with Gasteiger partial charge in [-0.2, -0.15) is 0 Å². The molecule has 2 aromatic carbocycles. The fraction of sp³-hybridized carbons (Fsp3) is 0.440. The Balaban J connectivity index is 1.28. The first-order valence-corrected chi connectivity index (χ1v) is 12.0. The Bertz CT molecular complexity index is 1010. The van der Waals surface area contributed by atoms with Gasteiger partial charge < -0.3 is 19.7 Å². The van der Waals surface area contributed by atoms with Gasteiger partial charge in [0.25, 0.3) is 5.91 Å². The highest BCUT2D eigenvalue weighted by molar-refractivity contribution is 6.30. The maximum absolute atomic E-state index is 12.5. The van der Waals surface area contributed by atoms with Crippen molar-refractivity contribution in [2.24, 2.45) is 0 Å². The number of nitrogens with one attached hydrogen (secondary N) is 1. The molecule has 0 unspecified atom stereocenters. The van der Waals surface area contributed by atoms with Crippen molar-refractivity contribution in [2.45, 2.75) is 30.3 Å². The average molecular weight is 506 g/mol. The standard InChI is InChI=1S/C25H29Cl2N3O4/c1-29(2)23(32)13-30(11-12-33-20-7-3-18(26)4-8-20)25-15-24(16-25,17-25)28-22(31)14-34-21-9-5-19(27)6-10-21/h3-10H,11-17H2,1-2H3,(H,28,31). The smallest absolute Gasteiger partial charge is 0.258 e. The number of likely N-dealkylation sites (N-methyl/N-ethyl adjacent to an activating group) is 1. The largest absolute Gasteiger partial charge is 0.492 e. The monoisotopic (exact) mass is 505 g/mol. The SMILES string of the molecule is CN(C)C(=O)CN(CCOc1ccc(Cl)cc1)C12CC(NC(=O)COc3ccc(Cl)cc3)(C1)C2. The van der Waals surface area contributed by atoms with Crippen molar-refractivity contribution < 1.29 is 19.1 Å². The summed E-state index contributed by atoms with van der Waals surface area (Å²) in [5.74, 6) is 1.24. The lowest BCUT2D eigenvalue weighted by atomic mass is 9.43. The molecule has 7 nitrogen and oxygen atoms in total. The number of halogens is 2. The molecule has 3 aliphatic rings. The number of amides is 2. The van der Waals surface area contributed by atoms with Crippen LogP contribution in [-0.2, 0) is 9.59 Å². The molecule has 182 valence electrons. The average Bonchev–Trinajstić information content (AvgIpc) is 2.75. The summed E-state index contributed by atoms with van der Waals surface area (Å²) in [4.78, 5) is 28.7. The minimum absolute atomic E-state index is 0.0469. The summed E-state index contributed by atoms with van der Waals surface area (Å²) in [6.45, 7) is 1.35. The van der Waals surface area contributed by atoms with E-state index in [4.69, 9.17) is 32.7 Å². The number of hydrogen-bond donors (Lipinski definition) is 1. The van der Waals surface area contributed by atoms with Crippen LogP contribution in [0.25, 0.3) is 0 Å². The van der Waals surface area contributed by atoms with Gasteiger partial charge in [-0.15, -0.1) is 0 Å². The zero-order valence-corrected chi connectivity index (χ0v) is 20.9. The van der Waals surface area contributed by atoms with E-state index in [1.807, 2.05) is 12.1 Å². The Labute approximate surface area is 209 Å². The molecule has 0 heterocycles. The lowest BCUT2D eigenvalue weighted by Crippen LogP contribution is -2.84. The van der Waals surface area contributed by atoms with Gasteiger partial charge in [-0.05, 0) is 67.8 Å². The molecule has 5 rings (SSSR count). The molecular formula is C25H29Cl2N3O4. The third-order valence-electron chi connectivity index (χ3n) is 6.53. The molecule has 0 aromatic heterocycles. The Kier molecular flexibility index (Phi) is 7.26. The first-order chi connectivity index (χ1) is 16.2. The van der Waals surface area contributed by atoms with Gasteiger partial charge in [0.2, 0.25) is 5.91 Å². The summed E-state index contributed by atoms with van der Waals surface area (Å²) in [5, 5.41) is 4.40. The fourth-order valence-electron chi connectivity index (χ4n) is 4.81. The number of rotatable bonds is 11. The molecule has 34 heavy (non-hydrogen) atoms. The number of nitrogens with zero attached hydrogens (tertiary/aromatic N) is 2. The maximum Gasteiger partial charge on any atom is 0.258 e. The summed E-state index contributed by atoms with van der Waals surface area (Å²) in [6.07, 6.45) is 2.44. The predicted octanol–water partition coefficient (Wildman–Crippen LogP) is 3.63. The highest BCUT2D eigenvalue weighted by Gasteiger charge is 2.70. The fourth-order valence-corrected chi connectivity index (χ4v) is 5.06. The summed E-state index contributed by atoms with van der Waals surface area (Å²) in [6, 6.07) is 14.1. The van der Waals surface area contributed by atoms with Crippen molar-refractivity contribution in [1.29, 1.82) is 0 Å². The van der Waals surface area contributed by atoms with Gasteiger partial charge in [-0.1, -0.05) is 23.2 Å². The van der Waals surface area contributed by atoms with E-state index in [1.165, 1.54) is 0 Å². The molecule has 0 atom stereocenters. The van der Waals surface area contributed by atoms with Crippen LogP contribution in [0.15, 0.2) is 48.5 Å². The van der Waals surface area contributed by atoms with Crippen LogP contribution in [0.2, 0.25) is 10.0 Å². The Hall–Kier alpha value is -2.48. The molecule has 0 aliphatic heterocycles. The van der Waals surface area contributed by atoms with Crippen LogP contribution in [0, 0.1) is 0 Å². The predicted molar refractivity (Wildman–Crippen MR) is 132 cm³/mol. The number of hydrogen-bond acceptors (Lipinski definition) is 5. The summed E-state index contributed by atoms with van der Waals surface area (Å²) < 4.78 is 11.4. The maximum atomic E-state index is 12.5. The Morgan fingerprint density at radius 2 is 1.44 bits per heavy atom. The van der Waals surface area contributed by atoms with E-state index >= 15 is 0 Å². The second-order valence-corrected chi connectivity index (χ2v) is 10.2. The van der Waals surface area contributed by atoms with Gasteiger partial charge in [-0.3, -0.25) is 14.5 Å². The summed E-state index contributed by atoms with van der Waals surface area (Å²) in [5.41, 5.74) is -0.295. The second-order valence-electron chi connectivity index (χ2n) is 9.34. The molecule has 3 fully saturated rings. The van der Waals surface area contributed by atoms with E-state index in [1.54, 1.807) is 55.4 Å². The minimum atomic E-state index is -0.211. The van der Waals surface area contributed by atoms with Crippen molar-refractivity contribution in [1.82, 2.24) is 15.1 Å². The molecule has 2 bridgehead atoms. The second kappa shape index (κ2) is 10.0. The molecule has 1 N–H and O–H groups in total. The minimum Gasteiger partial charge on any atom is -0.492 e. The number of carbonyl (C=O) groups excluding carboxylic acids is 2. The van der Waals surface area contributed by atoms with Crippen molar-refractivity contribution in [3.05, 3.63) is 58.6 Å². The van der Waals surface area contributed by atoms with E-state index in [0.29, 0.717) is 35.5 Å². The van der Waals surface area contributed by atoms with Crippen molar-refractivity contribution >= 4 is 35.0 Å². The quantitative estimate of drug-likeness (QED) is 0.504. The van der Waals surface area contributed by atoms with Crippen LogP contribution < -0.4 is 14.8 Å². The lowest BCUT2D eigenvalue weighted by Gasteiger charge is -2.73. The molecule has 3 aliphatic carbocycles. The molecule has 0 spiro atoms. The molecule has 3 saturated carbocycles. The zero-order valence-electron chi connectivity index (χ0n) is 19.4. The third kappa shape index (κ3) is 5.59. The van der Waals surface area contributed by atoms with Crippen molar-refractivity contribution in [2.75, 3.05) is 40.4 Å². The first-order valence-electron chi connectivity index (χ1n) is 11.2. The van der Waals surface area contributed by atoms with Crippen LogP contribution in [0.4, 0.5) is 0 Å². The molecule has 0 radical (unpaired) electrons. The summed E-state index contributed by atoms with van der Waals surface area (Å²) in [7, 11) is 3.52. The van der Waals surface area contributed by atoms with Gasteiger partial charge >= 0.3 is 0 Å². The molecule has 2 amide bonds. The number of carbonyl (C=O) groups is 2. The van der Waals surface area contributed by atoms with Crippen molar-refractivity contribution in [3.63, 3.8) is 0 Å². The number of ether oxygens (including phenoxy) is 2. The van der Waals surface area contributed by atoms with Gasteiger partial charge in [0.05, 0.1) is 6.54 Å². The van der Waals surface area contributed by atoms with E-state index in [0.717, 1.165) is 25.0 Å². The van der Waals surface area contributed by atoms with E-state index in [9.17, 15) is 9.59 Å². The summed E-state index contributed by atoms with van der Waals surface area (Å²) >= 11 is 11.8. The van der Waals surface area contributed by atoms with E-state index < -0.39 is 0 Å². The Morgan fingerprint density at radius 1 is 0.912 bits per heavy atom. The third-order valence-corrected chi connectivity index (χ3v) is 7.03. The van der Waals surface area contributed by atoms with Crippen LogP contribution in [0.5, 0.6) is 11.5 Å². The first kappa shape index (κ1) is 24.6. The van der Waals surface area contributed by atoms with Crippen LogP contribution in [0.1, 0.15) is 19.3 Å². The zero-order chi connectivity index (χ0) is 24.3. The molecule has 2 aromatic rings. The lowest BCUT2D eigenvalue weighted by molar-refractivity contribution is -0.188. The molecule has 9 heteroatoms. The highest BCUT2D eigenvalue weighted by atomic mass is 35.5. The normalized spacial score (nSPS) is 22.4. The van der Waals surface area contributed by atoms with Gasteiger partial charge in [0, 0.05) is 41.8 Å². The Morgan fingerprint density at radius 3 is 1.97 bits per heavy atom. The highest BCUT2D eigenvalue weighted by Crippen LogP contribution is 2.63. The number of benzene rings is 2. The molecular weight excluding hydrogens is 477 g/mol. The van der Waals surface area contributed by atoms with E-state index in [-0.39, 0.29) is 29.5 Å². The van der Waals surface area contributed by atoms with Crippen LogP contribution >= 0.6 is 23.2 Å². The van der Waals surface area contributed by atoms with Gasteiger partial charge in [0.1, 0.15) is 18.1 Å². The van der Waals surface area contributed by atoms with Crippen molar-refractivity contribution in [3.8, 4) is 11.5 Å². The van der Waals surface area contributed by atoms with Gasteiger partial charge in [-0.25, -0.2) is 0 Å². The van der Waals surface area contributed by atoms with Crippen LogP contribution in [-0.4, -0.2) is 73.1 Å².